The molecule has 1 aliphatic rings. The zero-order chi connectivity index (χ0) is 19.4. The fourth-order valence-electron chi connectivity index (χ4n) is 4.23. The van der Waals surface area contributed by atoms with Crippen molar-refractivity contribution in [1.82, 2.24) is 20.0 Å². The SMILES string of the molecule is CC1CC(C)CN(CCCNC(=O)Cc2nn(C)c(=O)c3ccccc23)C1. The number of carbonyl (C=O) groups is 1. The summed E-state index contributed by atoms with van der Waals surface area (Å²) in [5.41, 5.74) is 0.503. The van der Waals surface area contributed by atoms with Crippen LogP contribution in [0.25, 0.3) is 10.8 Å². The molecule has 1 aromatic carbocycles. The maximum atomic E-state index is 12.4. The molecule has 2 atom stereocenters. The third-order valence-electron chi connectivity index (χ3n) is 5.28. The Kier molecular flexibility index (Phi) is 6.26. The Morgan fingerprint density at radius 1 is 1.19 bits per heavy atom. The molecule has 2 aromatic rings. The van der Waals surface area contributed by atoms with Crippen molar-refractivity contribution < 1.29 is 4.79 Å². The molecular formula is C21H30N4O2. The summed E-state index contributed by atoms with van der Waals surface area (Å²) in [6.07, 6.45) is 2.45. The molecule has 6 heteroatoms. The van der Waals surface area contributed by atoms with Crippen LogP contribution in [0.3, 0.4) is 0 Å². The number of likely N-dealkylation sites (tertiary alicyclic amines) is 1. The van der Waals surface area contributed by atoms with E-state index in [4.69, 9.17) is 0 Å². The lowest BCUT2D eigenvalue weighted by Gasteiger charge is -2.34. The van der Waals surface area contributed by atoms with Gasteiger partial charge in [-0.25, -0.2) is 4.68 Å². The minimum atomic E-state index is -0.139. The Hall–Kier alpha value is -2.21. The van der Waals surface area contributed by atoms with Crippen molar-refractivity contribution in [2.45, 2.75) is 33.1 Å². The lowest BCUT2D eigenvalue weighted by Crippen LogP contribution is -2.40. The van der Waals surface area contributed by atoms with Gasteiger partial charge < -0.3 is 10.2 Å². The molecule has 1 aliphatic heterocycles. The second-order valence-corrected chi connectivity index (χ2v) is 8.01. The van der Waals surface area contributed by atoms with Gasteiger partial charge in [0.25, 0.3) is 5.56 Å². The van der Waals surface area contributed by atoms with Gasteiger partial charge in [-0.3, -0.25) is 9.59 Å². The van der Waals surface area contributed by atoms with Crippen LogP contribution in [0.15, 0.2) is 29.1 Å². The predicted octanol–water partition coefficient (Wildman–Crippen LogP) is 1.96. The summed E-state index contributed by atoms with van der Waals surface area (Å²) in [6.45, 7) is 8.64. The third kappa shape index (κ3) is 4.95. The zero-order valence-corrected chi connectivity index (χ0v) is 16.6. The maximum absolute atomic E-state index is 12.4. The Bertz CT molecular complexity index is 851. The Morgan fingerprint density at radius 3 is 2.56 bits per heavy atom. The topological polar surface area (TPSA) is 67.2 Å². The standard InChI is InChI=1S/C21H30N4O2/c1-15-11-16(2)14-25(13-15)10-6-9-22-20(26)12-19-17-7-4-5-8-18(17)21(27)24(3)23-19/h4-5,7-8,15-16H,6,9-14H2,1-3H3,(H,22,26). The van der Waals surface area contributed by atoms with Crippen LogP contribution in [-0.4, -0.2) is 46.8 Å². The third-order valence-corrected chi connectivity index (χ3v) is 5.28. The van der Waals surface area contributed by atoms with Gasteiger partial charge in [-0.2, -0.15) is 5.10 Å². The molecule has 0 aliphatic carbocycles. The number of carbonyl (C=O) groups excluding carboxylic acids is 1. The van der Waals surface area contributed by atoms with Crippen molar-refractivity contribution in [3.8, 4) is 0 Å². The lowest BCUT2D eigenvalue weighted by molar-refractivity contribution is -0.120. The van der Waals surface area contributed by atoms with Crippen molar-refractivity contribution in [2.24, 2.45) is 18.9 Å². The Labute approximate surface area is 160 Å². The van der Waals surface area contributed by atoms with E-state index in [1.807, 2.05) is 18.2 Å². The second-order valence-electron chi connectivity index (χ2n) is 8.01. The summed E-state index contributed by atoms with van der Waals surface area (Å²) < 4.78 is 1.31. The van der Waals surface area contributed by atoms with Crippen molar-refractivity contribution in [1.29, 1.82) is 0 Å². The number of nitrogens with zero attached hydrogens (tertiary/aromatic N) is 3. The number of hydrogen-bond acceptors (Lipinski definition) is 4. The number of hydrogen-bond donors (Lipinski definition) is 1. The summed E-state index contributed by atoms with van der Waals surface area (Å²) in [5, 5.41) is 8.65. The molecule has 1 saturated heterocycles. The van der Waals surface area contributed by atoms with E-state index in [9.17, 15) is 9.59 Å². The van der Waals surface area contributed by atoms with Gasteiger partial charge in [0.1, 0.15) is 0 Å². The molecule has 0 bridgehead atoms. The average Bonchev–Trinajstić information content (AvgIpc) is 2.62. The smallest absolute Gasteiger partial charge is 0.274 e. The van der Waals surface area contributed by atoms with Crippen molar-refractivity contribution in [3.05, 3.63) is 40.3 Å². The molecule has 27 heavy (non-hydrogen) atoms. The summed E-state index contributed by atoms with van der Waals surface area (Å²) in [6, 6.07) is 7.33. The molecule has 2 heterocycles. The number of fused-ring (bicyclic) bond motifs is 1. The van der Waals surface area contributed by atoms with Gasteiger partial charge in [-0.05, 0) is 37.3 Å². The number of amides is 1. The number of aromatic nitrogens is 2. The predicted molar refractivity (Wildman–Crippen MR) is 108 cm³/mol. The van der Waals surface area contributed by atoms with E-state index >= 15 is 0 Å². The van der Waals surface area contributed by atoms with Crippen LogP contribution in [0.5, 0.6) is 0 Å². The van der Waals surface area contributed by atoms with Crippen LogP contribution in [0.2, 0.25) is 0 Å². The normalized spacial score (nSPS) is 20.7. The van der Waals surface area contributed by atoms with Crippen molar-refractivity contribution >= 4 is 16.7 Å². The molecule has 1 N–H and O–H groups in total. The maximum Gasteiger partial charge on any atom is 0.274 e. The van der Waals surface area contributed by atoms with Gasteiger partial charge in [-0.15, -0.1) is 0 Å². The van der Waals surface area contributed by atoms with Crippen LogP contribution in [-0.2, 0) is 18.3 Å². The quantitative estimate of drug-likeness (QED) is 0.790. The highest BCUT2D eigenvalue weighted by Gasteiger charge is 2.21. The fourth-order valence-corrected chi connectivity index (χ4v) is 4.23. The zero-order valence-electron chi connectivity index (χ0n) is 16.6. The number of aryl methyl sites for hydroxylation is 1. The van der Waals surface area contributed by atoms with Gasteiger partial charge in [0.05, 0.1) is 17.5 Å². The van der Waals surface area contributed by atoms with Gasteiger partial charge in [-0.1, -0.05) is 32.0 Å². The molecule has 1 aromatic heterocycles. The minimum Gasteiger partial charge on any atom is -0.356 e. The second kappa shape index (κ2) is 8.65. The molecule has 6 nitrogen and oxygen atoms in total. The van der Waals surface area contributed by atoms with E-state index in [-0.39, 0.29) is 17.9 Å². The molecule has 1 fully saturated rings. The van der Waals surface area contributed by atoms with E-state index in [0.717, 1.165) is 43.3 Å². The number of benzene rings is 1. The highest BCUT2D eigenvalue weighted by molar-refractivity contribution is 5.88. The first-order chi connectivity index (χ1) is 12.9. The van der Waals surface area contributed by atoms with Crippen molar-refractivity contribution in [2.75, 3.05) is 26.2 Å². The highest BCUT2D eigenvalue weighted by atomic mass is 16.1. The Balaban J connectivity index is 1.52. The van der Waals surface area contributed by atoms with E-state index in [1.54, 1.807) is 13.1 Å². The van der Waals surface area contributed by atoms with E-state index < -0.39 is 0 Å². The monoisotopic (exact) mass is 370 g/mol. The van der Waals surface area contributed by atoms with Gasteiger partial charge >= 0.3 is 0 Å². The van der Waals surface area contributed by atoms with Crippen LogP contribution in [0.1, 0.15) is 32.4 Å². The van der Waals surface area contributed by atoms with Crippen LogP contribution in [0.4, 0.5) is 0 Å². The molecule has 0 radical (unpaired) electrons. The molecule has 1 amide bonds. The average molecular weight is 370 g/mol. The first-order valence-corrected chi connectivity index (χ1v) is 9.88. The Morgan fingerprint density at radius 2 is 1.85 bits per heavy atom. The van der Waals surface area contributed by atoms with Crippen LogP contribution >= 0.6 is 0 Å². The van der Waals surface area contributed by atoms with E-state index in [1.165, 1.54) is 11.1 Å². The lowest BCUT2D eigenvalue weighted by atomic mass is 9.92. The number of rotatable bonds is 6. The van der Waals surface area contributed by atoms with E-state index in [0.29, 0.717) is 17.6 Å². The summed E-state index contributed by atoms with van der Waals surface area (Å²) in [4.78, 5) is 27.0. The van der Waals surface area contributed by atoms with Gasteiger partial charge in [0.2, 0.25) is 5.91 Å². The minimum absolute atomic E-state index is 0.0494. The molecule has 146 valence electrons. The summed E-state index contributed by atoms with van der Waals surface area (Å²) in [5.74, 6) is 1.46. The molecule has 2 unspecified atom stereocenters. The number of piperidine rings is 1. The first kappa shape index (κ1) is 19.5. The number of nitrogens with one attached hydrogen (secondary N) is 1. The molecular weight excluding hydrogens is 340 g/mol. The van der Waals surface area contributed by atoms with E-state index in [2.05, 4.69) is 29.2 Å². The first-order valence-electron chi connectivity index (χ1n) is 9.88. The summed E-state index contributed by atoms with van der Waals surface area (Å²) in [7, 11) is 1.62. The fraction of sp³-hybridized carbons (Fsp3) is 0.571. The highest BCUT2D eigenvalue weighted by Crippen LogP contribution is 2.20. The molecule has 0 saturated carbocycles. The largest absolute Gasteiger partial charge is 0.356 e. The summed E-state index contributed by atoms with van der Waals surface area (Å²) >= 11 is 0. The van der Waals surface area contributed by atoms with Crippen molar-refractivity contribution in [3.63, 3.8) is 0 Å². The van der Waals surface area contributed by atoms with Gasteiger partial charge in [0, 0.05) is 32.1 Å². The van der Waals surface area contributed by atoms with Crippen LogP contribution in [0, 0.1) is 11.8 Å². The van der Waals surface area contributed by atoms with Crippen LogP contribution < -0.4 is 10.9 Å². The molecule has 0 spiro atoms. The molecule has 3 rings (SSSR count). The van der Waals surface area contributed by atoms with Gasteiger partial charge in [0.15, 0.2) is 0 Å².